The van der Waals surface area contributed by atoms with E-state index in [4.69, 9.17) is 35.9 Å². The monoisotopic (exact) mass is 438 g/mol. The summed E-state index contributed by atoms with van der Waals surface area (Å²) in [6.07, 6.45) is 2.59. The molecule has 0 unspecified atom stereocenters. The first-order chi connectivity index (χ1) is 14.3. The van der Waals surface area contributed by atoms with Crippen LogP contribution >= 0.6 is 12.2 Å². The number of halogens is 1. The highest BCUT2D eigenvalue weighted by atomic mass is 32.1. The first-order valence-corrected chi connectivity index (χ1v) is 10.9. The van der Waals surface area contributed by atoms with Crippen LogP contribution in [0.15, 0.2) is 24.3 Å². The molecule has 1 aliphatic carbocycles. The SMILES string of the molecule is CC1(C)O[C@H]2O[C@H]([C@H]3COC4(CCCC4)O3)[C@H](NC(=S)Nc3ccc(F)cc3)[C@H]2O1. The largest absolute Gasteiger partial charge is 0.354 e. The number of rotatable bonds is 3. The minimum atomic E-state index is -0.744. The number of ether oxygens (including phenoxy) is 5. The number of nitrogens with one attached hydrogen (secondary N) is 2. The number of hydrogen-bond acceptors (Lipinski definition) is 6. The molecule has 1 aromatic carbocycles. The molecule has 164 valence electrons. The molecule has 9 heteroatoms. The van der Waals surface area contributed by atoms with Gasteiger partial charge in [-0.2, -0.15) is 0 Å². The molecule has 3 saturated heterocycles. The molecule has 0 amide bonds. The Labute approximate surface area is 180 Å². The first-order valence-electron chi connectivity index (χ1n) is 10.5. The fraction of sp³-hybridized carbons (Fsp3) is 0.667. The van der Waals surface area contributed by atoms with E-state index in [2.05, 4.69) is 10.6 Å². The Bertz CT molecular complexity index is 801. The number of benzene rings is 1. The summed E-state index contributed by atoms with van der Waals surface area (Å²) in [5.74, 6) is -1.53. The fourth-order valence-electron chi connectivity index (χ4n) is 4.78. The Kier molecular flexibility index (Phi) is 5.24. The van der Waals surface area contributed by atoms with Gasteiger partial charge in [0, 0.05) is 18.5 Å². The molecule has 0 radical (unpaired) electrons. The van der Waals surface area contributed by atoms with E-state index >= 15 is 0 Å². The molecule has 5 rings (SSSR count). The molecular formula is C21H27FN2O5S. The van der Waals surface area contributed by atoms with Crippen molar-refractivity contribution in [2.24, 2.45) is 0 Å². The van der Waals surface area contributed by atoms with Crippen molar-refractivity contribution < 1.29 is 28.1 Å². The lowest BCUT2D eigenvalue weighted by atomic mass is 10.0. The molecule has 1 spiro atoms. The third-order valence-electron chi connectivity index (χ3n) is 6.10. The van der Waals surface area contributed by atoms with Gasteiger partial charge in [-0.15, -0.1) is 0 Å². The fourth-order valence-corrected chi connectivity index (χ4v) is 5.04. The summed E-state index contributed by atoms with van der Waals surface area (Å²) in [6, 6.07) is 5.73. The van der Waals surface area contributed by atoms with Crippen LogP contribution in [0.4, 0.5) is 10.1 Å². The summed E-state index contributed by atoms with van der Waals surface area (Å²) in [5.41, 5.74) is 0.690. The molecular weight excluding hydrogens is 411 g/mol. The maximum atomic E-state index is 13.2. The Morgan fingerprint density at radius 3 is 2.53 bits per heavy atom. The molecule has 7 nitrogen and oxygen atoms in total. The van der Waals surface area contributed by atoms with Crippen molar-refractivity contribution in [1.82, 2.24) is 5.32 Å². The van der Waals surface area contributed by atoms with E-state index in [0.717, 1.165) is 25.7 Å². The van der Waals surface area contributed by atoms with Crippen molar-refractivity contribution in [3.05, 3.63) is 30.1 Å². The van der Waals surface area contributed by atoms with E-state index in [1.165, 1.54) is 12.1 Å². The van der Waals surface area contributed by atoms with Crippen LogP contribution in [0.1, 0.15) is 39.5 Å². The summed E-state index contributed by atoms with van der Waals surface area (Å²) in [6.45, 7) is 4.18. The molecule has 1 aromatic rings. The van der Waals surface area contributed by atoms with Gasteiger partial charge >= 0.3 is 0 Å². The molecule has 3 heterocycles. The second kappa shape index (κ2) is 7.65. The smallest absolute Gasteiger partial charge is 0.189 e. The molecule has 0 bridgehead atoms. The van der Waals surface area contributed by atoms with Gasteiger partial charge in [0.1, 0.15) is 24.1 Å². The van der Waals surface area contributed by atoms with Gasteiger partial charge in [0.15, 0.2) is 23.0 Å². The van der Waals surface area contributed by atoms with Crippen LogP contribution in [-0.4, -0.2) is 53.9 Å². The Morgan fingerprint density at radius 1 is 1.07 bits per heavy atom. The van der Waals surface area contributed by atoms with Gasteiger partial charge in [-0.1, -0.05) is 0 Å². The average molecular weight is 439 g/mol. The number of anilines is 1. The van der Waals surface area contributed by atoms with E-state index in [1.807, 2.05) is 13.8 Å². The van der Waals surface area contributed by atoms with E-state index in [-0.39, 0.29) is 30.2 Å². The second-order valence-corrected chi connectivity index (χ2v) is 9.19. The highest BCUT2D eigenvalue weighted by Gasteiger charge is 2.59. The van der Waals surface area contributed by atoms with Crippen LogP contribution in [0.5, 0.6) is 0 Å². The van der Waals surface area contributed by atoms with Gasteiger partial charge < -0.3 is 34.3 Å². The van der Waals surface area contributed by atoms with Crippen LogP contribution < -0.4 is 10.6 Å². The summed E-state index contributed by atoms with van der Waals surface area (Å²) in [7, 11) is 0. The second-order valence-electron chi connectivity index (χ2n) is 8.79. The average Bonchev–Trinajstić information content (AvgIpc) is 3.44. The lowest BCUT2D eigenvalue weighted by Crippen LogP contribution is -2.53. The summed E-state index contributed by atoms with van der Waals surface area (Å²) in [4.78, 5) is 0. The van der Waals surface area contributed by atoms with Crippen LogP contribution in [0.25, 0.3) is 0 Å². The van der Waals surface area contributed by atoms with E-state index in [1.54, 1.807) is 12.1 Å². The summed E-state index contributed by atoms with van der Waals surface area (Å²) in [5, 5.41) is 6.80. The van der Waals surface area contributed by atoms with Crippen LogP contribution in [0.2, 0.25) is 0 Å². The summed E-state index contributed by atoms with van der Waals surface area (Å²) >= 11 is 5.51. The van der Waals surface area contributed by atoms with Gasteiger partial charge in [-0.05, 0) is 63.2 Å². The quantitative estimate of drug-likeness (QED) is 0.698. The van der Waals surface area contributed by atoms with Crippen LogP contribution in [0, 0.1) is 5.82 Å². The van der Waals surface area contributed by atoms with Gasteiger partial charge in [0.05, 0.1) is 12.6 Å². The lowest BCUT2D eigenvalue weighted by molar-refractivity contribution is -0.226. The Hall–Kier alpha value is -1.36. The van der Waals surface area contributed by atoms with Crippen molar-refractivity contribution in [3.8, 4) is 0 Å². The van der Waals surface area contributed by atoms with Gasteiger partial charge in [0.25, 0.3) is 0 Å². The Balaban J connectivity index is 1.30. The predicted octanol–water partition coefficient (Wildman–Crippen LogP) is 3.04. The molecule has 2 N–H and O–H groups in total. The molecule has 4 fully saturated rings. The molecule has 3 aliphatic heterocycles. The van der Waals surface area contributed by atoms with Crippen molar-refractivity contribution in [3.63, 3.8) is 0 Å². The topological polar surface area (TPSA) is 70.2 Å². The maximum absolute atomic E-state index is 13.2. The standard InChI is InChI=1S/C21H27FN2O5S/c1-20(2)28-17-15(24-19(30)23-13-7-5-12(22)6-8-13)16(26-18(17)29-20)14-11-25-21(27-14)9-3-4-10-21/h5-8,14-18H,3-4,9-11H2,1-2H3,(H2,23,24,30)/t14-,15+,16-,17-,18-/m1/s1. The van der Waals surface area contributed by atoms with Gasteiger partial charge in [0.2, 0.25) is 0 Å². The van der Waals surface area contributed by atoms with Gasteiger partial charge in [-0.25, -0.2) is 4.39 Å². The highest BCUT2D eigenvalue weighted by Crippen LogP contribution is 2.44. The third-order valence-corrected chi connectivity index (χ3v) is 6.32. The van der Waals surface area contributed by atoms with Gasteiger partial charge in [-0.3, -0.25) is 0 Å². The minimum Gasteiger partial charge on any atom is -0.354 e. The highest BCUT2D eigenvalue weighted by molar-refractivity contribution is 7.80. The van der Waals surface area contributed by atoms with Crippen molar-refractivity contribution in [1.29, 1.82) is 0 Å². The lowest BCUT2D eigenvalue weighted by Gasteiger charge is -2.30. The van der Waals surface area contributed by atoms with Crippen LogP contribution in [0.3, 0.4) is 0 Å². The number of thiocarbonyl (C=S) groups is 1. The third kappa shape index (κ3) is 3.94. The van der Waals surface area contributed by atoms with Crippen molar-refractivity contribution >= 4 is 23.0 Å². The zero-order valence-corrected chi connectivity index (χ0v) is 17.9. The van der Waals surface area contributed by atoms with Crippen LogP contribution in [-0.2, 0) is 23.7 Å². The van der Waals surface area contributed by atoms with Crippen molar-refractivity contribution in [2.75, 3.05) is 11.9 Å². The number of fused-ring (bicyclic) bond motifs is 1. The molecule has 4 aliphatic rings. The zero-order chi connectivity index (χ0) is 20.9. The van der Waals surface area contributed by atoms with E-state index < -0.39 is 17.9 Å². The van der Waals surface area contributed by atoms with Crippen molar-refractivity contribution in [2.45, 2.75) is 81.7 Å². The Morgan fingerprint density at radius 2 is 1.80 bits per heavy atom. The molecule has 0 aromatic heterocycles. The minimum absolute atomic E-state index is 0.241. The maximum Gasteiger partial charge on any atom is 0.189 e. The number of hydrogen-bond donors (Lipinski definition) is 2. The normalized spacial score (nSPS) is 36.2. The van der Waals surface area contributed by atoms with E-state index in [0.29, 0.717) is 17.4 Å². The summed E-state index contributed by atoms with van der Waals surface area (Å²) < 4.78 is 43.9. The molecule has 5 atom stereocenters. The molecule has 1 saturated carbocycles. The zero-order valence-electron chi connectivity index (χ0n) is 17.1. The molecule has 30 heavy (non-hydrogen) atoms. The first kappa shape index (κ1) is 20.5. The van der Waals surface area contributed by atoms with E-state index in [9.17, 15) is 4.39 Å². The predicted molar refractivity (Wildman–Crippen MR) is 110 cm³/mol.